The van der Waals surface area contributed by atoms with E-state index in [0.29, 0.717) is 28.2 Å². The smallest absolute Gasteiger partial charge is 0.282 e. The van der Waals surface area contributed by atoms with E-state index in [2.05, 4.69) is 34.9 Å². The van der Waals surface area contributed by atoms with Gasteiger partial charge in [0.25, 0.3) is 5.56 Å². The lowest BCUT2D eigenvalue weighted by atomic mass is 9.96. The van der Waals surface area contributed by atoms with E-state index in [1.807, 2.05) is 74.5 Å². The summed E-state index contributed by atoms with van der Waals surface area (Å²) >= 11 is 3.61. The molecular formula is C31H28BrN3O3. The van der Waals surface area contributed by atoms with Crippen molar-refractivity contribution in [2.75, 3.05) is 7.11 Å². The van der Waals surface area contributed by atoms with Gasteiger partial charge in [0.15, 0.2) is 5.82 Å². The van der Waals surface area contributed by atoms with Crippen LogP contribution in [0.2, 0.25) is 0 Å². The Morgan fingerprint density at radius 2 is 1.82 bits per heavy atom. The predicted octanol–water partition coefficient (Wildman–Crippen LogP) is 7.72. The van der Waals surface area contributed by atoms with Gasteiger partial charge in [0.05, 0.1) is 24.2 Å². The molecule has 2 heterocycles. The molecule has 0 N–H and O–H groups in total. The van der Waals surface area contributed by atoms with Gasteiger partial charge in [0.1, 0.15) is 17.3 Å². The second-order valence-corrected chi connectivity index (χ2v) is 10.4. The fraction of sp³-hybridized carbons (Fsp3) is 0.194. The molecule has 0 aliphatic heterocycles. The molecule has 5 aromatic rings. The van der Waals surface area contributed by atoms with Crippen molar-refractivity contribution >= 4 is 33.0 Å². The number of nitrogens with zero attached hydrogens (tertiary/aromatic N) is 3. The highest BCUT2D eigenvalue weighted by atomic mass is 79.9. The Morgan fingerprint density at radius 1 is 1.03 bits per heavy atom. The summed E-state index contributed by atoms with van der Waals surface area (Å²) in [7, 11) is 1.67. The largest absolute Gasteiger partial charge is 0.496 e. The minimum absolute atomic E-state index is 0.219. The first-order valence-electron chi connectivity index (χ1n) is 12.4. The summed E-state index contributed by atoms with van der Waals surface area (Å²) < 4.78 is 14.0. The van der Waals surface area contributed by atoms with Gasteiger partial charge in [0.2, 0.25) is 0 Å². The number of rotatable bonds is 6. The first kappa shape index (κ1) is 25.7. The summed E-state index contributed by atoms with van der Waals surface area (Å²) in [4.78, 5) is 18.5. The molecule has 192 valence electrons. The lowest BCUT2D eigenvalue weighted by Gasteiger charge is -2.17. The number of aromatic nitrogens is 2. The average Bonchev–Trinajstić information content (AvgIpc) is 3.36. The third-order valence-corrected chi connectivity index (χ3v) is 7.17. The molecule has 2 aromatic heterocycles. The second-order valence-electron chi connectivity index (χ2n) is 9.56. The summed E-state index contributed by atoms with van der Waals surface area (Å²) in [6, 6.07) is 21.1. The number of fused-ring (bicyclic) bond motifs is 1. The molecular weight excluding hydrogens is 542 g/mol. The molecule has 0 radical (unpaired) electrons. The molecule has 0 amide bonds. The number of hydrogen-bond acceptors (Lipinski definition) is 5. The van der Waals surface area contributed by atoms with Crippen LogP contribution in [0.25, 0.3) is 33.6 Å². The summed E-state index contributed by atoms with van der Waals surface area (Å²) in [5.41, 5.74) is 5.24. The molecule has 0 spiro atoms. The lowest BCUT2D eigenvalue weighted by Crippen LogP contribution is -2.20. The zero-order chi connectivity index (χ0) is 27.0. The van der Waals surface area contributed by atoms with E-state index in [-0.39, 0.29) is 11.5 Å². The molecule has 3 aromatic carbocycles. The van der Waals surface area contributed by atoms with Crippen LogP contribution in [-0.2, 0) is 0 Å². The van der Waals surface area contributed by atoms with Crippen LogP contribution in [0, 0.1) is 13.8 Å². The standard InChI is InChI=1S/C31H28BrN3O3/c1-18(2)24-16-25(20(4)15-29(24)37-5)30-34-27-9-7-6-8-23(27)31(36)35(30)33-17-21-11-13-28(38-21)22-12-10-19(3)14-26(22)32/h6-18H,1-5H3. The van der Waals surface area contributed by atoms with Crippen LogP contribution < -0.4 is 10.3 Å². The summed E-state index contributed by atoms with van der Waals surface area (Å²) in [6.45, 7) is 8.24. The maximum Gasteiger partial charge on any atom is 0.282 e. The molecule has 38 heavy (non-hydrogen) atoms. The van der Waals surface area contributed by atoms with Crippen LogP contribution in [0.15, 0.2) is 85.5 Å². The number of methoxy groups -OCH3 is 1. The van der Waals surface area contributed by atoms with Crippen molar-refractivity contribution in [1.82, 2.24) is 9.66 Å². The maximum absolute atomic E-state index is 13.6. The first-order chi connectivity index (χ1) is 18.3. The van der Waals surface area contributed by atoms with Gasteiger partial charge < -0.3 is 9.15 Å². The normalized spacial score (nSPS) is 11.7. The Hall–Kier alpha value is -3.97. The molecule has 6 nitrogen and oxygen atoms in total. The van der Waals surface area contributed by atoms with Gasteiger partial charge in [0, 0.05) is 15.6 Å². The van der Waals surface area contributed by atoms with Gasteiger partial charge in [-0.25, -0.2) is 4.98 Å². The van der Waals surface area contributed by atoms with Crippen LogP contribution in [-0.4, -0.2) is 23.0 Å². The highest BCUT2D eigenvalue weighted by molar-refractivity contribution is 9.10. The topological polar surface area (TPSA) is 69.6 Å². The Labute approximate surface area is 229 Å². The van der Waals surface area contributed by atoms with Crippen molar-refractivity contribution in [2.45, 2.75) is 33.6 Å². The number of furan rings is 1. The van der Waals surface area contributed by atoms with E-state index >= 15 is 0 Å². The summed E-state index contributed by atoms with van der Waals surface area (Å²) in [5.74, 6) is 2.71. The number of aryl methyl sites for hydroxylation is 2. The number of hydrogen-bond donors (Lipinski definition) is 0. The zero-order valence-electron chi connectivity index (χ0n) is 21.9. The van der Waals surface area contributed by atoms with Gasteiger partial charge in [-0.15, -0.1) is 0 Å². The van der Waals surface area contributed by atoms with Crippen molar-refractivity contribution in [3.05, 3.63) is 104 Å². The predicted molar refractivity (Wildman–Crippen MR) is 156 cm³/mol. The highest BCUT2D eigenvalue weighted by Crippen LogP contribution is 2.34. The second kappa shape index (κ2) is 10.4. The quantitative estimate of drug-likeness (QED) is 0.196. The van der Waals surface area contributed by atoms with Crippen molar-refractivity contribution in [1.29, 1.82) is 0 Å². The van der Waals surface area contributed by atoms with Gasteiger partial charge in [-0.05, 0) is 85.0 Å². The maximum atomic E-state index is 13.6. The van der Waals surface area contributed by atoms with Gasteiger partial charge in [-0.2, -0.15) is 9.78 Å². The molecule has 0 bridgehead atoms. The third kappa shape index (κ3) is 4.82. The molecule has 0 atom stereocenters. The van der Waals surface area contributed by atoms with Gasteiger partial charge >= 0.3 is 0 Å². The Kier molecular flexibility index (Phi) is 7.04. The van der Waals surface area contributed by atoms with E-state index in [0.717, 1.165) is 38.0 Å². The molecule has 7 heteroatoms. The van der Waals surface area contributed by atoms with Crippen LogP contribution in [0.5, 0.6) is 5.75 Å². The fourth-order valence-corrected chi connectivity index (χ4v) is 5.16. The number of benzene rings is 3. The van der Waals surface area contributed by atoms with E-state index in [1.165, 1.54) is 4.68 Å². The third-order valence-electron chi connectivity index (χ3n) is 6.51. The highest BCUT2D eigenvalue weighted by Gasteiger charge is 2.18. The van der Waals surface area contributed by atoms with Crippen molar-refractivity contribution in [2.24, 2.45) is 5.10 Å². The zero-order valence-corrected chi connectivity index (χ0v) is 23.5. The van der Waals surface area contributed by atoms with Crippen LogP contribution in [0.3, 0.4) is 0 Å². The minimum Gasteiger partial charge on any atom is -0.496 e. The first-order valence-corrected chi connectivity index (χ1v) is 13.2. The SMILES string of the molecule is COc1cc(C)c(-c2nc3ccccc3c(=O)n2N=Cc2ccc(-c3ccc(C)cc3Br)o2)cc1C(C)C. The summed E-state index contributed by atoms with van der Waals surface area (Å²) in [6.07, 6.45) is 1.55. The van der Waals surface area contributed by atoms with Crippen molar-refractivity contribution in [3.63, 3.8) is 0 Å². The Morgan fingerprint density at radius 3 is 2.55 bits per heavy atom. The summed E-state index contributed by atoms with van der Waals surface area (Å²) in [5, 5.41) is 5.08. The molecule has 0 aliphatic carbocycles. The number of ether oxygens (including phenoxy) is 1. The molecule has 0 fully saturated rings. The molecule has 0 aliphatic rings. The van der Waals surface area contributed by atoms with E-state index in [9.17, 15) is 4.79 Å². The molecule has 0 saturated carbocycles. The van der Waals surface area contributed by atoms with E-state index < -0.39 is 0 Å². The molecule has 0 saturated heterocycles. The average molecular weight is 570 g/mol. The van der Waals surface area contributed by atoms with Crippen LogP contribution >= 0.6 is 15.9 Å². The Balaban J connectivity index is 1.65. The van der Waals surface area contributed by atoms with Gasteiger partial charge in [-0.3, -0.25) is 4.79 Å². The Bertz CT molecular complexity index is 1750. The molecule has 0 unspecified atom stereocenters. The molecule has 5 rings (SSSR count). The van der Waals surface area contributed by atoms with Crippen molar-refractivity contribution < 1.29 is 9.15 Å². The van der Waals surface area contributed by atoms with E-state index in [1.54, 1.807) is 19.4 Å². The van der Waals surface area contributed by atoms with Gasteiger partial charge in [-0.1, -0.05) is 48.0 Å². The monoisotopic (exact) mass is 569 g/mol. The lowest BCUT2D eigenvalue weighted by molar-refractivity contribution is 0.407. The number of halogens is 1. The minimum atomic E-state index is -0.253. The van der Waals surface area contributed by atoms with Crippen LogP contribution in [0.1, 0.15) is 42.2 Å². The van der Waals surface area contributed by atoms with E-state index in [4.69, 9.17) is 14.1 Å². The van der Waals surface area contributed by atoms with Crippen molar-refractivity contribution in [3.8, 4) is 28.5 Å². The fourth-order valence-electron chi connectivity index (χ4n) is 4.47. The number of para-hydroxylation sites is 1. The van der Waals surface area contributed by atoms with Crippen LogP contribution in [0.4, 0.5) is 0 Å².